The second-order valence-corrected chi connectivity index (χ2v) is 6.23. The highest BCUT2D eigenvalue weighted by molar-refractivity contribution is 8.14. The van der Waals surface area contributed by atoms with Gasteiger partial charge < -0.3 is 4.90 Å². The highest BCUT2D eigenvalue weighted by Crippen LogP contribution is 2.22. The van der Waals surface area contributed by atoms with Crippen molar-refractivity contribution in [2.24, 2.45) is 0 Å². The molecule has 0 bridgehead atoms. The summed E-state index contributed by atoms with van der Waals surface area (Å²) in [5.74, 6) is 1.05. The van der Waals surface area contributed by atoms with Crippen molar-refractivity contribution >= 4 is 51.0 Å². The standard InChI is InChI=1S/C12H14ClNO2S2/c1-9(15)17-7-14(8-18-10(2)16)12-5-3-11(13)4-6-12/h3-6H,7-8H2,1-2H3. The van der Waals surface area contributed by atoms with Gasteiger partial charge in [0, 0.05) is 24.6 Å². The van der Waals surface area contributed by atoms with Gasteiger partial charge in [-0.3, -0.25) is 9.59 Å². The lowest BCUT2D eigenvalue weighted by Gasteiger charge is -2.22. The Bertz CT molecular complexity index is 405. The number of rotatable bonds is 5. The molecular weight excluding hydrogens is 290 g/mol. The average molecular weight is 304 g/mol. The van der Waals surface area contributed by atoms with Crippen LogP contribution in [0.3, 0.4) is 0 Å². The summed E-state index contributed by atoms with van der Waals surface area (Å²) in [4.78, 5) is 24.0. The van der Waals surface area contributed by atoms with E-state index in [4.69, 9.17) is 11.6 Å². The summed E-state index contributed by atoms with van der Waals surface area (Å²) in [5, 5.41) is 0.778. The first-order chi connectivity index (χ1) is 8.49. The Hall–Kier alpha value is -0.650. The molecule has 1 aromatic rings. The van der Waals surface area contributed by atoms with E-state index in [1.165, 1.54) is 37.4 Å². The number of thioether (sulfide) groups is 2. The predicted octanol–water partition coefficient (Wildman–Crippen LogP) is 3.62. The Balaban J connectivity index is 2.71. The number of nitrogens with zero attached hydrogens (tertiary/aromatic N) is 1. The van der Waals surface area contributed by atoms with Gasteiger partial charge >= 0.3 is 0 Å². The Kier molecular flexibility index (Phi) is 6.60. The van der Waals surface area contributed by atoms with Crippen molar-refractivity contribution in [3.05, 3.63) is 29.3 Å². The van der Waals surface area contributed by atoms with Crippen LogP contribution in [0.4, 0.5) is 5.69 Å². The third kappa shape index (κ3) is 5.80. The summed E-state index contributed by atoms with van der Waals surface area (Å²) in [6.07, 6.45) is 0. The number of hydrogen-bond acceptors (Lipinski definition) is 5. The minimum Gasteiger partial charge on any atom is -0.352 e. The average Bonchev–Trinajstić information content (AvgIpc) is 2.30. The molecule has 1 aromatic carbocycles. The zero-order valence-corrected chi connectivity index (χ0v) is 12.6. The minimum atomic E-state index is 0.0572. The third-order valence-corrected chi connectivity index (χ3v) is 3.99. The van der Waals surface area contributed by atoms with Gasteiger partial charge in [0.15, 0.2) is 10.2 Å². The second kappa shape index (κ2) is 7.71. The molecule has 6 heteroatoms. The lowest BCUT2D eigenvalue weighted by Crippen LogP contribution is -2.23. The second-order valence-electron chi connectivity index (χ2n) is 3.55. The third-order valence-electron chi connectivity index (χ3n) is 2.04. The van der Waals surface area contributed by atoms with Gasteiger partial charge in [0.1, 0.15) is 0 Å². The summed E-state index contributed by atoms with van der Waals surface area (Å²) < 4.78 is 0. The fraction of sp³-hybridized carbons (Fsp3) is 0.333. The van der Waals surface area contributed by atoms with Gasteiger partial charge in [-0.1, -0.05) is 35.1 Å². The van der Waals surface area contributed by atoms with Gasteiger partial charge in [0.25, 0.3) is 0 Å². The maximum Gasteiger partial charge on any atom is 0.187 e. The summed E-state index contributed by atoms with van der Waals surface area (Å²) in [6, 6.07) is 7.34. The summed E-state index contributed by atoms with van der Waals surface area (Å²) in [6.45, 7) is 3.06. The first-order valence-electron chi connectivity index (χ1n) is 5.26. The quantitative estimate of drug-likeness (QED) is 0.777. The highest BCUT2D eigenvalue weighted by atomic mass is 35.5. The molecule has 0 amide bonds. The van der Waals surface area contributed by atoms with Crippen LogP contribution >= 0.6 is 35.1 Å². The van der Waals surface area contributed by atoms with E-state index in [0.29, 0.717) is 16.8 Å². The molecule has 0 aromatic heterocycles. The van der Waals surface area contributed by atoms with Crippen molar-refractivity contribution in [3.8, 4) is 0 Å². The summed E-state index contributed by atoms with van der Waals surface area (Å²) >= 11 is 8.27. The molecule has 0 N–H and O–H groups in total. The molecule has 1 rings (SSSR count). The largest absolute Gasteiger partial charge is 0.352 e. The smallest absolute Gasteiger partial charge is 0.187 e. The molecule has 0 heterocycles. The van der Waals surface area contributed by atoms with E-state index in [-0.39, 0.29) is 10.2 Å². The van der Waals surface area contributed by atoms with Crippen molar-refractivity contribution in [2.45, 2.75) is 13.8 Å². The molecule has 0 radical (unpaired) electrons. The predicted molar refractivity (Wildman–Crippen MR) is 80.2 cm³/mol. The topological polar surface area (TPSA) is 37.4 Å². The van der Waals surface area contributed by atoms with Crippen LogP contribution in [0.1, 0.15) is 13.8 Å². The zero-order chi connectivity index (χ0) is 13.5. The van der Waals surface area contributed by atoms with Crippen LogP contribution in [0.2, 0.25) is 5.02 Å². The monoisotopic (exact) mass is 303 g/mol. The summed E-state index contributed by atoms with van der Waals surface area (Å²) in [7, 11) is 0. The highest BCUT2D eigenvalue weighted by Gasteiger charge is 2.09. The number of carbonyl (C=O) groups excluding carboxylic acids is 2. The zero-order valence-electron chi connectivity index (χ0n) is 10.2. The van der Waals surface area contributed by atoms with Gasteiger partial charge in [-0.15, -0.1) is 0 Å². The Morgan fingerprint density at radius 2 is 1.50 bits per heavy atom. The van der Waals surface area contributed by atoms with Gasteiger partial charge in [-0.2, -0.15) is 0 Å². The lowest BCUT2D eigenvalue weighted by molar-refractivity contribution is -0.109. The van der Waals surface area contributed by atoms with E-state index in [1.807, 2.05) is 17.0 Å². The van der Waals surface area contributed by atoms with Crippen molar-refractivity contribution in [1.29, 1.82) is 0 Å². The number of hydrogen-bond donors (Lipinski definition) is 0. The van der Waals surface area contributed by atoms with Crippen LogP contribution in [-0.4, -0.2) is 22.0 Å². The first-order valence-corrected chi connectivity index (χ1v) is 7.61. The Morgan fingerprint density at radius 1 is 1.06 bits per heavy atom. The van der Waals surface area contributed by atoms with Crippen molar-refractivity contribution in [1.82, 2.24) is 0 Å². The molecule has 0 spiro atoms. The number of anilines is 1. The van der Waals surface area contributed by atoms with E-state index in [2.05, 4.69) is 0 Å². The van der Waals surface area contributed by atoms with Gasteiger partial charge in [0.2, 0.25) is 0 Å². The van der Waals surface area contributed by atoms with Crippen molar-refractivity contribution in [3.63, 3.8) is 0 Å². The minimum absolute atomic E-state index is 0.0572. The first kappa shape index (κ1) is 15.4. The lowest BCUT2D eigenvalue weighted by atomic mass is 10.3. The number of halogens is 1. The molecule has 0 fully saturated rings. The fourth-order valence-electron chi connectivity index (χ4n) is 1.18. The van der Waals surface area contributed by atoms with Crippen LogP contribution in [0.25, 0.3) is 0 Å². The summed E-state index contributed by atoms with van der Waals surface area (Å²) in [5.41, 5.74) is 0.946. The van der Waals surface area contributed by atoms with Crippen LogP contribution < -0.4 is 4.90 Å². The van der Waals surface area contributed by atoms with Crippen molar-refractivity contribution in [2.75, 3.05) is 16.7 Å². The normalized spacial score (nSPS) is 10.2. The van der Waals surface area contributed by atoms with Gasteiger partial charge in [0.05, 0.1) is 11.8 Å². The maximum absolute atomic E-state index is 11.0. The van der Waals surface area contributed by atoms with Crippen LogP contribution in [0.15, 0.2) is 24.3 Å². The number of carbonyl (C=O) groups is 2. The molecule has 0 aliphatic carbocycles. The van der Waals surface area contributed by atoms with E-state index in [9.17, 15) is 9.59 Å². The number of benzene rings is 1. The van der Waals surface area contributed by atoms with E-state index in [1.54, 1.807) is 12.1 Å². The molecule has 0 unspecified atom stereocenters. The molecule has 0 saturated carbocycles. The van der Waals surface area contributed by atoms with Crippen molar-refractivity contribution < 1.29 is 9.59 Å². The molecule has 0 aliphatic heterocycles. The van der Waals surface area contributed by atoms with Crippen LogP contribution in [-0.2, 0) is 9.59 Å². The Morgan fingerprint density at radius 3 is 1.89 bits per heavy atom. The molecule has 98 valence electrons. The fourth-order valence-corrected chi connectivity index (χ4v) is 2.57. The van der Waals surface area contributed by atoms with Crippen LogP contribution in [0.5, 0.6) is 0 Å². The molecule has 0 atom stereocenters. The Labute approximate surface area is 120 Å². The molecule has 0 saturated heterocycles. The molecule has 0 aliphatic rings. The van der Waals surface area contributed by atoms with Gasteiger partial charge in [-0.05, 0) is 24.3 Å². The van der Waals surface area contributed by atoms with Gasteiger partial charge in [-0.25, -0.2) is 0 Å². The molecular formula is C12H14ClNO2S2. The van der Waals surface area contributed by atoms with E-state index in [0.717, 1.165) is 5.69 Å². The maximum atomic E-state index is 11.0. The van der Waals surface area contributed by atoms with Crippen LogP contribution in [0, 0.1) is 0 Å². The SMILES string of the molecule is CC(=O)SCN(CSC(C)=O)c1ccc(Cl)cc1. The van der Waals surface area contributed by atoms with E-state index >= 15 is 0 Å². The van der Waals surface area contributed by atoms with E-state index < -0.39 is 0 Å². The molecule has 18 heavy (non-hydrogen) atoms. The molecule has 3 nitrogen and oxygen atoms in total.